The first kappa shape index (κ1) is 22.7. The van der Waals surface area contributed by atoms with Crippen LogP contribution >= 0.6 is 46.0 Å². The number of nitrogens with zero attached hydrogens (tertiary/aromatic N) is 1. The molecule has 0 aliphatic carbocycles. The summed E-state index contributed by atoms with van der Waals surface area (Å²) < 4.78 is 12.4. The van der Waals surface area contributed by atoms with Crippen LogP contribution < -0.4 is 14.4 Å². The summed E-state index contributed by atoms with van der Waals surface area (Å²) in [5, 5.41) is 0.181. The highest BCUT2D eigenvalue weighted by Crippen LogP contribution is 2.39. The van der Waals surface area contributed by atoms with Gasteiger partial charge in [0, 0.05) is 5.02 Å². The number of thioether (sulfide) groups is 1. The molecule has 1 aliphatic heterocycles. The Balaban J connectivity index is 1.58. The summed E-state index contributed by atoms with van der Waals surface area (Å²) in [7, 11) is 1.57. The van der Waals surface area contributed by atoms with Gasteiger partial charge in [-0.2, -0.15) is 0 Å². The Labute approximate surface area is 208 Å². The average Bonchev–Trinajstić information content (AvgIpc) is 3.06. The minimum absolute atomic E-state index is 0.334. The van der Waals surface area contributed by atoms with E-state index in [2.05, 4.69) is 22.6 Å². The van der Waals surface area contributed by atoms with Crippen LogP contribution in [-0.4, -0.2) is 18.3 Å². The third-order valence-corrected chi connectivity index (χ3v) is 6.58. The van der Waals surface area contributed by atoms with Crippen LogP contribution in [0.1, 0.15) is 11.1 Å². The number of benzene rings is 3. The lowest BCUT2D eigenvalue weighted by molar-refractivity contribution is -0.113. The van der Waals surface area contributed by atoms with Crippen LogP contribution in [0.4, 0.5) is 10.5 Å². The molecule has 0 N–H and O–H groups in total. The molecule has 1 heterocycles. The second-order valence-corrected chi connectivity index (χ2v) is 9.39. The number of ether oxygens (including phenoxy) is 2. The lowest BCUT2D eigenvalue weighted by atomic mass is 10.1. The van der Waals surface area contributed by atoms with Crippen LogP contribution in [0.15, 0.2) is 71.6 Å². The summed E-state index contributed by atoms with van der Waals surface area (Å²) in [6, 6.07) is 20.1. The van der Waals surface area contributed by atoms with Crippen LogP contribution in [-0.2, 0) is 11.4 Å². The zero-order chi connectivity index (χ0) is 22.7. The Morgan fingerprint density at radius 1 is 1.06 bits per heavy atom. The number of methoxy groups -OCH3 is 1. The maximum Gasteiger partial charge on any atom is 0.298 e. The summed E-state index contributed by atoms with van der Waals surface area (Å²) in [5.74, 6) is 0.806. The maximum atomic E-state index is 12.9. The standard InChI is InChI=1S/C24H17ClINO4S/c1-30-20-12-16(11-19(26)22(20)31-14-15-5-3-2-4-6-15)13-21-23(28)27(24(29)32-21)18-9-7-17(25)8-10-18/h2-13H,14H2,1H3/b21-13+. The van der Waals surface area contributed by atoms with Crippen LogP contribution in [0, 0.1) is 3.57 Å². The van der Waals surface area contributed by atoms with Crippen molar-refractivity contribution in [1.29, 1.82) is 0 Å². The van der Waals surface area contributed by atoms with Gasteiger partial charge in [0.2, 0.25) is 0 Å². The molecule has 1 aliphatic rings. The van der Waals surface area contributed by atoms with E-state index in [-0.39, 0.29) is 11.1 Å². The number of anilines is 1. The van der Waals surface area contributed by atoms with Crippen molar-refractivity contribution in [2.45, 2.75) is 6.61 Å². The molecule has 1 saturated heterocycles. The molecule has 3 aromatic carbocycles. The molecular formula is C24H17ClINO4S. The number of halogens is 2. The van der Waals surface area contributed by atoms with E-state index < -0.39 is 0 Å². The molecule has 0 saturated carbocycles. The third kappa shape index (κ3) is 4.95. The van der Waals surface area contributed by atoms with E-state index in [1.165, 1.54) is 0 Å². The molecule has 162 valence electrons. The minimum atomic E-state index is -0.374. The van der Waals surface area contributed by atoms with Crippen molar-refractivity contribution in [1.82, 2.24) is 0 Å². The van der Waals surface area contributed by atoms with Gasteiger partial charge in [-0.1, -0.05) is 41.9 Å². The van der Waals surface area contributed by atoms with Gasteiger partial charge in [0.1, 0.15) is 6.61 Å². The van der Waals surface area contributed by atoms with E-state index in [0.717, 1.165) is 31.4 Å². The summed E-state index contributed by atoms with van der Waals surface area (Å²) in [4.78, 5) is 26.9. The van der Waals surface area contributed by atoms with E-state index in [9.17, 15) is 9.59 Å². The molecule has 32 heavy (non-hydrogen) atoms. The highest BCUT2D eigenvalue weighted by Gasteiger charge is 2.36. The van der Waals surface area contributed by atoms with Crippen LogP contribution in [0.2, 0.25) is 5.02 Å². The van der Waals surface area contributed by atoms with Gasteiger partial charge in [0.25, 0.3) is 11.1 Å². The Morgan fingerprint density at radius 3 is 2.47 bits per heavy atom. The molecule has 8 heteroatoms. The molecule has 0 aromatic heterocycles. The fourth-order valence-electron chi connectivity index (χ4n) is 3.12. The van der Waals surface area contributed by atoms with E-state index in [0.29, 0.717) is 33.7 Å². The van der Waals surface area contributed by atoms with Crippen molar-refractivity contribution in [2.24, 2.45) is 0 Å². The van der Waals surface area contributed by atoms with Gasteiger partial charge in [-0.05, 0) is 88.0 Å². The van der Waals surface area contributed by atoms with Gasteiger partial charge in [-0.3, -0.25) is 9.59 Å². The zero-order valence-corrected chi connectivity index (χ0v) is 20.6. The molecule has 0 atom stereocenters. The Hall–Kier alpha value is -2.49. The predicted octanol–water partition coefficient (Wildman–Crippen LogP) is 6.77. The van der Waals surface area contributed by atoms with Crippen molar-refractivity contribution >= 4 is 68.9 Å². The number of carbonyl (C=O) groups excluding carboxylic acids is 2. The van der Waals surface area contributed by atoms with Crippen molar-refractivity contribution in [3.05, 3.63) is 91.4 Å². The van der Waals surface area contributed by atoms with Crippen molar-refractivity contribution in [3.8, 4) is 11.5 Å². The number of carbonyl (C=O) groups is 2. The van der Waals surface area contributed by atoms with Gasteiger partial charge in [-0.25, -0.2) is 4.90 Å². The molecule has 0 radical (unpaired) electrons. The molecule has 0 bridgehead atoms. The van der Waals surface area contributed by atoms with Crippen molar-refractivity contribution in [3.63, 3.8) is 0 Å². The van der Waals surface area contributed by atoms with Gasteiger partial charge < -0.3 is 9.47 Å². The fraction of sp³-hybridized carbons (Fsp3) is 0.0833. The topological polar surface area (TPSA) is 55.8 Å². The lowest BCUT2D eigenvalue weighted by Crippen LogP contribution is -2.27. The van der Waals surface area contributed by atoms with Gasteiger partial charge in [-0.15, -0.1) is 0 Å². The molecule has 5 nitrogen and oxygen atoms in total. The monoisotopic (exact) mass is 577 g/mol. The quantitative estimate of drug-likeness (QED) is 0.239. The smallest absolute Gasteiger partial charge is 0.298 e. The molecule has 3 aromatic rings. The lowest BCUT2D eigenvalue weighted by Gasteiger charge is -2.14. The maximum absolute atomic E-state index is 12.9. The largest absolute Gasteiger partial charge is 0.493 e. The molecule has 0 unspecified atom stereocenters. The molecular weight excluding hydrogens is 561 g/mol. The predicted molar refractivity (Wildman–Crippen MR) is 136 cm³/mol. The van der Waals surface area contributed by atoms with Crippen LogP contribution in [0.25, 0.3) is 6.08 Å². The van der Waals surface area contributed by atoms with E-state index in [4.69, 9.17) is 21.1 Å². The zero-order valence-electron chi connectivity index (χ0n) is 16.9. The first-order valence-corrected chi connectivity index (χ1v) is 11.8. The van der Waals surface area contributed by atoms with Gasteiger partial charge in [0.05, 0.1) is 21.3 Å². The number of hydrogen-bond acceptors (Lipinski definition) is 5. The van der Waals surface area contributed by atoms with Crippen LogP contribution in [0.3, 0.4) is 0 Å². The normalized spacial score (nSPS) is 14.8. The van der Waals surface area contributed by atoms with E-state index in [1.807, 2.05) is 36.4 Å². The average molecular weight is 578 g/mol. The van der Waals surface area contributed by atoms with Gasteiger partial charge in [0.15, 0.2) is 11.5 Å². The molecule has 1 fully saturated rings. The minimum Gasteiger partial charge on any atom is -0.493 e. The fourth-order valence-corrected chi connectivity index (χ4v) is 4.87. The number of hydrogen-bond donors (Lipinski definition) is 0. The highest BCUT2D eigenvalue weighted by atomic mass is 127. The van der Waals surface area contributed by atoms with Crippen molar-refractivity contribution in [2.75, 3.05) is 12.0 Å². The molecule has 4 rings (SSSR count). The summed E-state index contributed by atoms with van der Waals surface area (Å²) in [6.45, 7) is 0.409. The summed E-state index contributed by atoms with van der Waals surface area (Å²) >= 11 is 8.98. The molecule has 0 spiro atoms. The summed E-state index contributed by atoms with van der Waals surface area (Å²) in [5.41, 5.74) is 2.27. The van der Waals surface area contributed by atoms with E-state index >= 15 is 0 Å². The molecule has 2 amide bonds. The van der Waals surface area contributed by atoms with Crippen molar-refractivity contribution < 1.29 is 19.1 Å². The number of amides is 2. The second kappa shape index (κ2) is 9.97. The van der Waals surface area contributed by atoms with Gasteiger partial charge >= 0.3 is 0 Å². The third-order valence-electron chi connectivity index (χ3n) is 4.65. The SMILES string of the molecule is COc1cc(/C=C2/SC(=O)N(c3ccc(Cl)cc3)C2=O)cc(I)c1OCc1ccccc1. The number of rotatable bonds is 6. The second-order valence-electron chi connectivity index (χ2n) is 6.80. The number of imide groups is 1. The van der Waals surface area contributed by atoms with Crippen LogP contribution in [0.5, 0.6) is 11.5 Å². The van der Waals surface area contributed by atoms with E-state index in [1.54, 1.807) is 43.5 Å². The summed E-state index contributed by atoms with van der Waals surface area (Å²) in [6.07, 6.45) is 1.69. The Kier molecular flexibility index (Phi) is 7.07. The Morgan fingerprint density at radius 2 is 1.78 bits per heavy atom. The Bertz CT molecular complexity index is 1200. The highest BCUT2D eigenvalue weighted by molar-refractivity contribution is 14.1. The first-order valence-electron chi connectivity index (χ1n) is 9.54. The first-order chi connectivity index (χ1) is 15.5.